The van der Waals surface area contributed by atoms with Crippen molar-refractivity contribution in [1.82, 2.24) is 10.2 Å². The van der Waals surface area contributed by atoms with Crippen molar-refractivity contribution in [3.8, 4) is 5.75 Å². The van der Waals surface area contributed by atoms with Crippen LogP contribution >= 0.6 is 36.4 Å². The molecule has 1 aliphatic rings. The molecule has 0 radical (unpaired) electrons. The first kappa shape index (κ1) is 24.3. The standard InChI is InChI=1S/C16H20ClF3N2O.2ClH/c1-2-3-4-14(22-9-7-21-8-10-22)12-5-6-15(13(17)11-12)23-16(18,19)20;;/h2,5-6,11,14,21H,1,3-4,7-10H2;2*1H/t14-;;/m1../s1. The molecule has 0 spiro atoms. The maximum absolute atomic E-state index is 12.3. The molecule has 1 aromatic carbocycles. The van der Waals surface area contributed by atoms with Crippen molar-refractivity contribution in [1.29, 1.82) is 0 Å². The summed E-state index contributed by atoms with van der Waals surface area (Å²) in [6.07, 6.45) is -1.23. The lowest BCUT2D eigenvalue weighted by atomic mass is 9.99. The van der Waals surface area contributed by atoms with E-state index in [0.717, 1.165) is 44.6 Å². The van der Waals surface area contributed by atoms with E-state index >= 15 is 0 Å². The summed E-state index contributed by atoms with van der Waals surface area (Å²) in [6, 6.07) is 4.61. The summed E-state index contributed by atoms with van der Waals surface area (Å²) in [5.74, 6) is -0.370. The summed E-state index contributed by atoms with van der Waals surface area (Å²) in [5.41, 5.74) is 0.897. The molecule has 0 bridgehead atoms. The van der Waals surface area contributed by atoms with Gasteiger partial charge in [-0.25, -0.2) is 0 Å². The number of nitrogens with zero attached hydrogens (tertiary/aromatic N) is 1. The Hall–Kier alpha value is -0.660. The number of alkyl halides is 3. The number of rotatable bonds is 6. The fourth-order valence-electron chi connectivity index (χ4n) is 2.76. The second kappa shape index (κ2) is 11.1. The molecule has 1 fully saturated rings. The van der Waals surface area contributed by atoms with Crippen molar-refractivity contribution >= 4 is 36.4 Å². The predicted molar refractivity (Wildman–Crippen MR) is 99.2 cm³/mol. The average Bonchev–Trinajstić information content (AvgIpc) is 2.50. The van der Waals surface area contributed by atoms with Crippen LogP contribution in [0.15, 0.2) is 30.9 Å². The first-order valence-corrected chi connectivity index (χ1v) is 7.89. The zero-order chi connectivity index (χ0) is 16.9. The molecule has 1 aromatic rings. The first-order chi connectivity index (χ1) is 10.9. The van der Waals surface area contributed by atoms with Gasteiger partial charge in [-0.3, -0.25) is 4.90 Å². The summed E-state index contributed by atoms with van der Waals surface area (Å²) in [5, 5.41) is 3.26. The van der Waals surface area contributed by atoms with E-state index in [4.69, 9.17) is 11.6 Å². The van der Waals surface area contributed by atoms with Gasteiger partial charge in [0, 0.05) is 32.2 Å². The summed E-state index contributed by atoms with van der Waals surface area (Å²) >= 11 is 5.98. The normalized spacial score (nSPS) is 16.3. The summed E-state index contributed by atoms with van der Waals surface area (Å²) < 4.78 is 40.9. The fourth-order valence-corrected chi connectivity index (χ4v) is 2.99. The molecule has 1 aliphatic heterocycles. The molecule has 0 unspecified atom stereocenters. The van der Waals surface area contributed by atoms with Gasteiger partial charge >= 0.3 is 6.36 Å². The Labute approximate surface area is 163 Å². The highest BCUT2D eigenvalue weighted by Gasteiger charge is 2.32. The largest absolute Gasteiger partial charge is 0.573 e. The second-order valence-electron chi connectivity index (χ2n) is 5.41. The van der Waals surface area contributed by atoms with Gasteiger partial charge in [-0.2, -0.15) is 0 Å². The van der Waals surface area contributed by atoms with Crippen LogP contribution in [0.3, 0.4) is 0 Å². The van der Waals surface area contributed by atoms with E-state index in [2.05, 4.69) is 21.5 Å². The molecule has 1 saturated heterocycles. The number of piperazine rings is 1. The monoisotopic (exact) mass is 420 g/mol. The number of nitrogens with one attached hydrogen (secondary N) is 1. The first-order valence-electron chi connectivity index (χ1n) is 7.51. The van der Waals surface area contributed by atoms with Gasteiger partial charge in [0.1, 0.15) is 5.75 Å². The number of ether oxygens (including phenoxy) is 1. The van der Waals surface area contributed by atoms with E-state index in [1.54, 1.807) is 12.1 Å². The maximum atomic E-state index is 12.3. The van der Waals surface area contributed by atoms with Crippen molar-refractivity contribution in [2.75, 3.05) is 26.2 Å². The number of halogens is 6. The van der Waals surface area contributed by atoms with Crippen LogP contribution in [0.2, 0.25) is 5.02 Å². The van der Waals surface area contributed by atoms with Gasteiger partial charge in [0.15, 0.2) is 0 Å². The van der Waals surface area contributed by atoms with Gasteiger partial charge in [0.05, 0.1) is 5.02 Å². The number of hydrogen-bond acceptors (Lipinski definition) is 3. The molecule has 2 rings (SSSR count). The van der Waals surface area contributed by atoms with Crippen LogP contribution in [-0.4, -0.2) is 37.4 Å². The highest BCUT2D eigenvalue weighted by Crippen LogP contribution is 2.35. The van der Waals surface area contributed by atoms with Crippen LogP contribution in [0.5, 0.6) is 5.75 Å². The lowest BCUT2D eigenvalue weighted by Gasteiger charge is -2.35. The lowest BCUT2D eigenvalue weighted by Crippen LogP contribution is -2.45. The molecule has 1 atom stereocenters. The Morgan fingerprint density at radius 3 is 2.44 bits per heavy atom. The minimum Gasteiger partial charge on any atom is -0.404 e. The van der Waals surface area contributed by atoms with Crippen molar-refractivity contribution in [2.24, 2.45) is 0 Å². The Kier molecular flexibility index (Phi) is 10.8. The number of hydrogen-bond donors (Lipinski definition) is 1. The summed E-state index contributed by atoms with van der Waals surface area (Å²) in [7, 11) is 0. The molecular formula is C16H22Cl3F3N2O. The van der Waals surface area contributed by atoms with Crippen molar-refractivity contribution in [2.45, 2.75) is 25.2 Å². The molecule has 144 valence electrons. The Bertz CT molecular complexity index is 538. The lowest BCUT2D eigenvalue weighted by molar-refractivity contribution is -0.274. The highest BCUT2D eigenvalue weighted by molar-refractivity contribution is 6.32. The van der Waals surface area contributed by atoms with Crippen molar-refractivity contribution in [3.63, 3.8) is 0 Å². The molecule has 25 heavy (non-hydrogen) atoms. The van der Waals surface area contributed by atoms with Gasteiger partial charge in [-0.1, -0.05) is 23.7 Å². The second-order valence-corrected chi connectivity index (χ2v) is 5.81. The number of allylic oxidation sites excluding steroid dienone is 1. The van der Waals surface area contributed by atoms with Gasteiger partial charge < -0.3 is 10.1 Å². The highest BCUT2D eigenvalue weighted by atomic mass is 35.5. The molecule has 0 amide bonds. The summed E-state index contributed by atoms with van der Waals surface area (Å²) in [6.45, 7) is 7.31. The molecular weight excluding hydrogens is 400 g/mol. The van der Waals surface area contributed by atoms with E-state index in [-0.39, 0.29) is 41.6 Å². The molecule has 0 saturated carbocycles. The van der Waals surface area contributed by atoms with Gasteiger partial charge in [-0.15, -0.1) is 44.6 Å². The van der Waals surface area contributed by atoms with Gasteiger partial charge in [0.25, 0.3) is 0 Å². The average molecular weight is 422 g/mol. The molecule has 0 aliphatic carbocycles. The van der Waals surface area contributed by atoms with Gasteiger partial charge in [0.2, 0.25) is 0 Å². The van der Waals surface area contributed by atoms with Crippen LogP contribution in [0, 0.1) is 0 Å². The molecule has 9 heteroatoms. The van der Waals surface area contributed by atoms with Crippen LogP contribution in [-0.2, 0) is 0 Å². The molecule has 3 nitrogen and oxygen atoms in total. The van der Waals surface area contributed by atoms with Crippen LogP contribution in [0.4, 0.5) is 13.2 Å². The van der Waals surface area contributed by atoms with Crippen LogP contribution in [0.1, 0.15) is 24.4 Å². The van der Waals surface area contributed by atoms with Crippen LogP contribution in [0.25, 0.3) is 0 Å². The quantitative estimate of drug-likeness (QED) is 0.655. The topological polar surface area (TPSA) is 24.5 Å². The smallest absolute Gasteiger partial charge is 0.404 e. The third-order valence-electron chi connectivity index (χ3n) is 3.80. The van der Waals surface area contributed by atoms with Gasteiger partial charge in [-0.05, 0) is 30.5 Å². The predicted octanol–water partition coefficient (Wildman–Crippen LogP) is 4.99. The Morgan fingerprint density at radius 1 is 1.28 bits per heavy atom. The minimum atomic E-state index is -4.74. The fraction of sp³-hybridized carbons (Fsp3) is 0.500. The Balaban J connectivity index is 0.00000288. The van der Waals surface area contributed by atoms with Crippen molar-refractivity contribution < 1.29 is 17.9 Å². The SMILES string of the molecule is C=CCC[C@H](c1ccc(OC(F)(F)F)c(Cl)c1)N1CCNCC1.Cl.Cl. The zero-order valence-corrected chi connectivity index (χ0v) is 15.9. The maximum Gasteiger partial charge on any atom is 0.573 e. The van der Waals surface area contributed by atoms with E-state index in [0.29, 0.717) is 0 Å². The van der Waals surface area contributed by atoms with E-state index in [9.17, 15) is 13.2 Å². The van der Waals surface area contributed by atoms with Crippen molar-refractivity contribution in [3.05, 3.63) is 41.4 Å². The Morgan fingerprint density at radius 2 is 1.92 bits per heavy atom. The third kappa shape index (κ3) is 7.62. The molecule has 1 N–H and O–H groups in total. The zero-order valence-electron chi connectivity index (χ0n) is 13.5. The summed E-state index contributed by atoms with van der Waals surface area (Å²) in [4.78, 5) is 2.32. The van der Waals surface area contributed by atoms with E-state index in [1.807, 2.05) is 6.08 Å². The van der Waals surface area contributed by atoms with E-state index < -0.39 is 6.36 Å². The molecule has 0 aromatic heterocycles. The molecule has 1 heterocycles. The van der Waals surface area contributed by atoms with E-state index in [1.165, 1.54) is 6.07 Å². The minimum absolute atomic E-state index is 0. The third-order valence-corrected chi connectivity index (χ3v) is 4.10. The van der Waals surface area contributed by atoms with Crippen LogP contribution < -0.4 is 10.1 Å². The number of benzene rings is 1.